The number of carbonyl (C=O) groups is 1. The Labute approximate surface area is 154 Å². The third-order valence-corrected chi connectivity index (χ3v) is 4.33. The van der Waals surface area contributed by atoms with Crippen LogP contribution in [0.1, 0.15) is 32.4 Å². The first-order chi connectivity index (χ1) is 12.0. The minimum atomic E-state index is -0.311. The van der Waals surface area contributed by atoms with E-state index in [4.69, 9.17) is 17.0 Å². The molecule has 1 amide bonds. The SMILES string of the molecule is C=CCOc1cccc([C@@H]2NC(=S)NC(C)=C2C(=O)N(CC)CC)c1. The average molecular weight is 359 g/mol. The third kappa shape index (κ3) is 4.39. The number of benzene rings is 1. The van der Waals surface area contributed by atoms with E-state index in [2.05, 4.69) is 17.2 Å². The summed E-state index contributed by atoms with van der Waals surface area (Å²) in [6.45, 7) is 11.2. The summed E-state index contributed by atoms with van der Waals surface area (Å²) in [7, 11) is 0. The first-order valence-corrected chi connectivity index (χ1v) is 8.83. The van der Waals surface area contributed by atoms with Crippen LogP contribution in [0.2, 0.25) is 0 Å². The van der Waals surface area contributed by atoms with Gasteiger partial charge < -0.3 is 20.3 Å². The number of likely N-dealkylation sites (N-methyl/N-ethyl adjacent to an activating group) is 1. The van der Waals surface area contributed by atoms with E-state index in [0.717, 1.165) is 17.0 Å². The Balaban J connectivity index is 2.42. The van der Waals surface area contributed by atoms with Crippen LogP contribution in [-0.2, 0) is 4.79 Å². The first kappa shape index (κ1) is 19.0. The van der Waals surface area contributed by atoms with Gasteiger partial charge in [0.2, 0.25) is 0 Å². The van der Waals surface area contributed by atoms with Gasteiger partial charge in [0.05, 0.1) is 11.6 Å². The summed E-state index contributed by atoms with van der Waals surface area (Å²) in [5.74, 6) is 0.739. The average Bonchev–Trinajstić information content (AvgIpc) is 2.60. The zero-order valence-electron chi connectivity index (χ0n) is 15.0. The lowest BCUT2D eigenvalue weighted by Gasteiger charge is -2.33. The molecule has 25 heavy (non-hydrogen) atoms. The lowest BCUT2D eigenvalue weighted by molar-refractivity contribution is -0.127. The van der Waals surface area contributed by atoms with Crippen molar-refractivity contribution in [3.8, 4) is 5.75 Å². The molecule has 0 spiro atoms. The van der Waals surface area contributed by atoms with Crippen molar-refractivity contribution in [1.29, 1.82) is 0 Å². The smallest absolute Gasteiger partial charge is 0.253 e. The molecule has 2 rings (SSSR count). The summed E-state index contributed by atoms with van der Waals surface area (Å²) >= 11 is 5.30. The highest BCUT2D eigenvalue weighted by molar-refractivity contribution is 7.80. The van der Waals surface area contributed by atoms with Crippen LogP contribution < -0.4 is 15.4 Å². The molecule has 0 radical (unpaired) electrons. The summed E-state index contributed by atoms with van der Waals surface area (Å²) < 4.78 is 5.62. The number of nitrogens with one attached hydrogen (secondary N) is 2. The second-order valence-electron chi connectivity index (χ2n) is 5.72. The fourth-order valence-corrected chi connectivity index (χ4v) is 3.12. The van der Waals surface area contributed by atoms with Gasteiger partial charge in [-0.15, -0.1) is 0 Å². The zero-order valence-corrected chi connectivity index (χ0v) is 15.8. The standard InChI is InChI=1S/C19H25N3O2S/c1-5-11-24-15-10-8-9-14(12-15)17-16(13(4)20-19(25)21-17)18(23)22(6-2)7-3/h5,8-10,12,17H,1,6-7,11H2,2-4H3,(H2,20,21,25)/t17-/m0/s1. The molecule has 6 heteroatoms. The van der Waals surface area contributed by atoms with E-state index in [0.29, 0.717) is 30.4 Å². The fraction of sp³-hybridized carbons (Fsp3) is 0.368. The number of hydrogen-bond donors (Lipinski definition) is 2. The van der Waals surface area contributed by atoms with Gasteiger partial charge in [0, 0.05) is 18.8 Å². The van der Waals surface area contributed by atoms with Crippen molar-refractivity contribution in [1.82, 2.24) is 15.5 Å². The van der Waals surface area contributed by atoms with Crippen molar-refractivity contribution in [2.24, 2.45) is 0 Å². The predicted octanol–water partition coefficient (Wildman–Crippen LogP) is 2.91. The molecule has 5 nitrogen and oxygen atoms in total. The maximum absolute atomic E-state index is 13.0. The predicted molar refractivity (Wildman–Crippen MR) is 104 cm³/mol. The van der Waals surface area contributed by atoms with E-state index in [1.54, 1.807) is 6.08 Å². The van der Waals surface area contributed by atoms with Gasteiger partial charge in [-0.1, -0.05) is 24.8 Å². The Morgan fingerprint density at radius 2 is 2.12 bits per heavy atom. The summed E-state index contributed by atoms with van der Waals surface area (Å²) in [6.07, 6.45) is 1.70. The minimum Gasteiger partial charge on any atom is -0.490 e. The van der Waals surface area contributed by atoms with Crippen LogP contribution in [0.25, 0.3) is 0 Å². The molecule has 1 aliphatic rings. The molecule has 0 fully saturated rings. The van der Waals surface area contributed by atoms with Gasteiger partial charge in [-0.05, 0) is 50.7 Å². The first-order valence-electron chi connectivity index (χ1n) is 8.43. The Morgan fingerprint density at radius 3 is 2.76 bits per heavy atom. The van der Waals surface area contributed by atoms with Crippen LogP contribution in [0.15, 0.2) is 48.2 Å². The fourth-order valence-electron chi connectivity index (χ4n) is 2.85. The van der Waals surface area contributed by atoms with E-state index < -0.39 is 0 Å². The second kappa shape index (κ2) is 8.67. The highest BCUT2D eigenvalue weighted by atomic mass is 32.1. The van der Waals surface area contributed by atoms with Gasteiger partial charge in [0.25, 0.3) is 5.91 Å². The van der Waals surface area contributed by atoms with Crippen LogP contribution in [0, 0.1) is 0 Å². The van der Waals surface area contributed by atoms with Gasteiger partial charge in [0.1, 0.15) is 12.4 Å². The van der Waals surface area contributed by atoms with E-state index in [1.165, 1.54) is 0 Å². The molecule has 0 saturated heterocycles. The Bertz CT molecular complexity index is 696. The molecular formula is C19H25N3O2S. The molecule has 0 bridgehead atoms. The monoisotopic (exact) mass is 359 g/mol. The highest BCUT2D eigenvalue weighted by Crippen LogP contribution is 2.30. The second-order valence-corrected chi connectivity index (χ2v) is 6.13. The molecule has 0 aliphatic carbocycles. The number of ether oxygens (including phenoxy) is 1. The third-order valence-electron chi connectivity index (χ3n) is 4.11. The number of amides is 1. The summed E-state index contributed by atoms with van der Waals surface area (Å²) in [4.78, 5) is 14.8. The van der Waals surface area contributed by atoms with Gasteiger partial charge >= 0.3 is 0 Å². The van der Waals surface area contributed by atoms with Crippen molar-refractivity contribution < 1.29 is 9.53 Å². The number of nitrogens with zero attached hydrogens (tertiary/aromatic N) is 1. The van der Waals surface area contributed by atoms with Gasteiger partial charge in [-0.2, -0.15) is 0 Å². The lowest BCUT2D eigenvalue weighted by Crippen LogP contribution is -2.47. The Kier molecular flexibility index (Phi) is 6.58. The number of allylic oxidation sites excluding steroid dienone is 1. The molecule has 0 saturated carbocycles. The summed E-state index contributed by atoms with van der Waals surface area (Å²) in [5.41, 5.74) is 2.39. The quantitative estimate of drug-likeness (QED) is 0.579. The van der Waals surface area contributed by atoms with E-state index in [1.807, 2.05) is 49.9 Å². The number of thiocarbonyl (C=S) groups is 1. The molecule has 0 unspecified atom stereocenters. The van der Waals surface area contributed by atoms with Crippen molar-refractivity contribution in [3.63, 3.8) is 0 Å². The maximum atomic E-state index is 13.0. The molecule has 1 aromatic rings. The molecule has 1 aromatic carbocycles. The molecular weight excluding hydrogens is 334 g/mol. The normalized spacial score (nSPS) is 16.8. The van der Waals surface area contributed by atoms with Gasteiger partial charge in [0.15, 0.2) is 5.11 Å². The van der Waals surface area contributed by atoms with Gasteiger partial charge in [-0.25, -0.2) is 0 Å². The van der Waals surface area contributed by atoms with Crippen molar-refractivity contribution in [3.05, 3.63) is 53.8 Å². The topological polar surface area (TPSA) is 53.6 Å². The molecule has 134 valence electrons. The molecule has 0 aromatic heterocycles. The number of carbonyl (C=O) groups excluding carboxylic acids is 1. The Morgan fingerprint density at radius 1 is 1.40 bits per heavy atom. The summed E-state index contributed by atoms with van der Waals surface area (Å²) in [6, 6.07) is 7.38. The summed E-state index contributed by atoms with van der Waals surface area (Å²) in [5, 5.41) is 6.80. The zero-order chi connectivity index (χ0) is 18.4. The molecule has 2 N–H and O–H groups in total. The number of rotatable bonds is 7. The van der Waals surface area contributed by atoms with E-state index >= 15 is 0 Å². The van der Waals surface area contributed by atoms with Crippen molar-refractivity contribution in [2.45, 2.75) is 26.8 Å². The Hall–Kier alpha value is -2.34. The highest BCUT2D eigenvalue weighted by Gasteiger charge is 2.31. The number of hydrogen-bond acceptors (Lipinski definition) is 3. The van der Waals surface area contributed by atoms with Crippen LogP contribution in [-0.4, -0.2) is 35.6 Å². The molecule has 1 atom stereocenters. The largest absolute Gasteiger partial charge is 0.490 e. The molecule has 1 heterocycles. The van der Waals surface area contributed by atoms with Crippen molar-refractivity contribution >= 4 is 23.2 Å². The maximum Gasteiger partial charge on any atom is 0.253 e. The van der Waals surface area contributed by atoms with E-state index in [9.17, 15) is 4.79 Å². The minimum absolute atomic E-state index is 0.00686. The van der Waals surface area contributed by atoms with Crippen LogP contribution in [0.3, 0.4) is 0 Å². The lowest BCUT2D eigenvalue weighted by atomic mass is 9.94. The van der Waals surface area contributed by atoms with Crippen LogP contribution >= 0.6 is 12.2 Å². The van der Waals surface area contributed by atoms with Crippen LogP contribution in [0.4, 0.5) is 0 Å². The van der Waals surface area contributed by atoms with Gasteiger partial charge in [-0.3, -0.25) is 4.79 Å². The van der Waals surface area contributed by atoms with Crippen LogP contribution in [0.5, 0.6) is 5.75 Å². The van der Waals surface area contributed by atoms with E-state index in [-0.39, 0.29) is 11.9 Å². The molecule has 1 aliphatic heterocycles. The van der Waals surface area contributed by atoms with Crippen molar-refractivity contribution in [2.75, 3.05) is 19.7 Å².